The Bertz CT molecular complexity index is 625. The Balaban J connectivity index is 1.51. The molecule has 0 unspecified atom stereocenters. The number of carbonyl (C=O) groups is 1. The van der Waals surface area contributed by atoms with Gasteiger partial charge in [-0.3, -0.25) is 4.79 Å². The van der Waals surface area contributed by atoms with Crippen LogP contribution in [-0.4, -0.2) is 22.4 Å². The molecule has 1 amide bonds. The number of aromatic nitrogens is 1. The summed E-state index contributed by atoms with van der Waals surface area (Å²) in [6.07, 6.45) is 5.70. The zero-order valence-corrected chi connectivity index (χ0v) is 13.3. The second-order valence-electron chi connectivity index (χ2n) is 5.01. The number of rotatable bonds is 4. The minimum atomic E-state index is -0.0580. The van der Waals surface area contributed by atoms with Gasteiger partial charge in [0.15, 0.2) is 4.34 Å². The van der Waals surface area contributed by atoms with Gasteiger partial charge in [-0.1, -0.05) is 30.3 Å². The van der Waals surface area contributed by atoms with Gasteiger partial charge in [0.2, 0.25) is 0 Å². The molecule has 1 heterocycles. The molecule has 2 aromatic rings. The standard InChI is InChI=1S/C15H17N3OS2/c19-14(18-17-11-6-2-1-3-7-11)10-20-15-16-12-8-4-5-9-13(12)21-15/h4-5,8-9H,1-3,6-7,10H2,(H,18,19). The average molecular weight is 319 g/mol. The number of hydrazone groups is 1. The van der Waals surface area contributed by atoms with Crippen molar-refractivity contribution in [2.75, 3.05) is 5.75 Å². The van der Waals surface area contributed by atoms with Crippen LogP contribution >= 0.6 is 23.1 Å². The molecule has 1 N–H and O–H groups in total. The molecule has 21 heavy (non-hydrogen) atoms. The molecule has 1 saturated carbocycles. The second-order valence-corrected chi connectivity index (χ2v) is 7.26. The van der Waals surface area contributed by atoms with E-state index in [2.05, 4.69) is 15.5 Å². The molecule has 0 aliphatic heterocycles. The van der Waals surface area contributed by atoms with Crippen molar-refractivity contribution >= 4 is 44.9 Å². The normalized spacial score (nSPS) is 15.1. The van der Waals surface area contributed by atoms with Gasteiger partial charge in [0.1, 0.15) is 0 Å². The topological polar surface area (TPSA) is 54.4 Å². The minimum Gasteiger partial charge on any atom is -0.272 e. The van der Waals surface area contributed by atoms with Crippen LogP contribution in [0, 0.1) is 0 Å². The van der Waals surface area contributed by atoms with E-state index in [1.165, 1.54) is 31.0 Å². The third kappa shape index (κ3) is 4.04. The Morgan fingerprint density at radius 3 is 2.90 bits per heavy atom. The SMILES string of the molecule is O=C(CSc1nc2ccccc2s1)NN=C1CCCCC1. The van der Waals surface area contributed by atoms with Crippen LogP contribution < -0.4 is 5.43 Å². The molecule has 6 heteroatoms. The Morgan fingerprint density at radius 1 is 1.29 bits per heavy atom. The Kier molecular flexibility index (Phi) is 4.87. The van der Waals surface area contributed by atoms with Gasteiger partial charge >= 0.3 is 0 Å². The molecule has 0 radical (unpaired) electrons. The summed E-state index contributed by atoms with van der Waals surface area (Å²) in [4.78, 5) is 16.3. The van der Waals surface area contributed by atoms with E-state index >= 15 is 0 Å². The maximum atomic E-state index is 11.8. The molecule has 0 spiro atoms. The highest BCUT2D eigenvalue weighted by Crippen LogP contribution is 2.29. The van der Waals surface area contributed by atoms with Crippen LogP contribution in [0.3, 0.4) is 0 Å². The monoisotopic (exact) mass is 319 g/mol. The summed E-state index contributed by atoms with van der Waals surface area (Å²) in [5.74, 6) is 0.300. The molecule has 0 bridgehead atoms. The Hall–Kier alpha value is -1.40. The summed E-state index contributed by atoms with van der Waals surface area (Å²) >= 11 is 3.09. The number of amides is 1. The molecule has 1 fully saturated rings. The van der Waals surface area contributed by atoms with Crippen LogP contribution in [0.15, 0.2) is 33.7 Å². The average Bonchev–Trinajstić information content (AvgIpc) is 2.95. The van der Waals surface area contributed by atoms with E-state index in [1.54, 1.807) is 11.3 Å². The third-order valence-corrected chi connectivity index (χ3v) is 5.55. The fourth-order valence-corrected chi connectivity index (χ4v) is 4.15. The first-order valence-corrected chi connectivity index (χ1v) is 8.94. The van der Waals surface area contributed by atoms with Crippen LogP contribution in [0.4, 0.5) is 0 Å². The molecule has 0 saturated heterocycles. The van der Waals surface area contributed by atoms with Crippen molar-refractivity contribution in [3.63, 3.8) is 0 Å². The Labute approximate surface area is 132 Å². The number of nitrogens with zero attached hydrogens (tertiary/aromatic N) is 2. The van der Waals surface area contributed by atoms with E-state index in [0.29, 0.717) is 5.75 Å². The van der Waals surface area contributed by atoms with Crippen molar-refractivity contribution in [1.82, 2.24) is 10.4 Å². The van der Waals surface area contributed by atoms with E-state index in [-0.39, 0.29) is 5.91 Å². The van der Waals surface area contributed by atoms with Crippen molar-refractivity contribution < 1.29 is 4.79 Å². The van der Waals surface area contributed by atoms with E-state index in [9.17, 15) is 4.79 Å². The number of fused-ring (bicyclic) bond motifs is 1. The van der Waals surface area contributed by atoms with Gasteiger partial charge in [-0.2, -0.15) is 5.10 Å². The first-order chi connectivity index (χ1) is 10.3. The van der Waals surface area contributed by atoms with E-state index in [1.807, 2.05) is 24.3 Å². The van der Waals surface area contributed by atoms with Crippen LogP contribution in [0.25, 0.3) is 10.2 Å². The fraction of sp³-hybridized carbons (Fsp3) is 0.400. The van der Waals surface area contributed by atoms with Gasteiger partial charge in [-0.05, 0) is 37.8 Å². The minimum absolute atomic E-state index is 0.0580. The fourth-order valence-electron chi connectivity index (χ4n) is 2.29. The highest BCUT2D eigenvalue weighted by molar-refractivity contribution is 8.01. The van der Waals surface area contributed by atoms with Crippen molar-refractivity contribution in [3.05, 3.63) is 24.3 Å². The quantitative estimate of drug-likeness (QED) is 0.688. The lowest BCUT2D eigenvalue weighted by molar-refractivity contribution is -0.118. The predicted molar refractivity (Wildman–Crippen MR) is 89.0 cm³/mol. The lowest BCUT2D eigenvalue weighted by atomic mass is 9.99. The van der Waals surface area contributed by atoms with Crippen LogP contribution in [-0.2, 0) is 4.79 Å². The summed E-state index contributed by atoms with van der Waals surface area (Å²) in [6, 6.07) is 8.02. The molecular weight excluding hydrogens is 302 g/mol. The number of thioether (sulfide) groups is 1. The molecule has 1 aromatic carbocycles. The number of benzene rings is 1. The molecule has 0 atom stereocenters. The maximum Gasteiger partial charge on any atom is 0.250 e. The first-order valence-electron chi connectivity index (χ1n) is 7.14. The summed E-state index contributed by atoms with van der Waals surface area (Å²) in [5, 5.41) is 4.22. The van der Waals surface area contributed by atoms with E-state index in [0.717, 1.165) is 33.1 Å². The van der Waals surface area contributed by atoms with Crippen molar-refractivity contribution in [3.8, 4) is 0 Å². The van der Waals surface area contributed by atoms with Crippen LogP contribution in [0.5, 0.6) is 0 Å². The number of hydrogen-bond donors (Lipinski definition) is 1. The van der Waals surface area contributed by atoms with Crippen molar-refractivity contribution in [2.45, 2.75) is 36.4 Å². The number of nitrogens with one attached hydrogen (secondary N) is 1. The summed E-state index contributed by atoms with van der Waals surface area (Å²) in [7, 11) is 0. The smallest absolute Gasteiger partial charge is 0.250 e. The van der Waals surface area contributed by atoms with Gasteiger partial charge in [0.25, 0.3) is 5.91 Å². The second kappa shape index (κ2) is 7.04. The molecule has 4 nitrogen and oxygen atoms in total. The number of thiazole rings is 1. The third-order valence-electron chi connectivity index (χ3n) is 3.37. The molecule has 1 aromatic heterocycles. The summed E-state index contributed by atoms with van der Waals surface area (Å²) in [6.45, 7) is 0. The van der Waals surface area contributed by atoms with Gasteiger partial charge in [-0.25, -0.2) is 10.4 Å². The van der Waals surface area contributed by atoms with Crippen molar-refractivity contribution in [2.24, 2.45) is 5.10 Å². The zero-order valence-electron chi connectivity index (χ0n) is 11.7. The molecule has 1 aliphatic carbocycles. The highest BCUT2D eigenvalue weighted by atomic mass is 32.2. The highest BCUT2D eigenvalue weighted by Gasteiger charge is 2.09. The zero-order chi connectivity index (χ0) is 14.5. The van der Waals surface area contributed by atoms with Gasteiger partial charge in [-0.15, -0.1) is 11.3 Å². The predicted octanol–water partition coefficient (Wildman–Crippen LogP) is 3.82. The molecule has 110 valence electrons. The molecule has 1 aliphatic rings. The lowest BCUT2D eigenvalue weighted by Gasteiger charge is -2.11. The van der Waals surface area contributed by atoms with Crippen LogP contribution in [0.1, 0.15) is 32.1 Å². The summed E-state index contributed by atoms with van der Waals surface area (Å²) in [5.41, 5.74) is 4.78. The number of para-hydroxylation sites is 1. The Morgan fingerprint density at radius 2 is 2.10 bits per heavy atom. The van der Waals surface area contributed by atoms with Gasteiger partial charge in [0.05, 0.1) is 16.0 Å². The van der Waals surface area contributed by atoms with E-state index < -0.39 is 0 Å². The number of carbonyl (C=O) groups excluding carboxylic acids is 1. The first kappa shape index (κ1) is 14.5. The lowest BCUT2D eigenvalue weighted by Crippen LogP contribution is -2.22. The molecular formula is C15H17N3OS2. The number of hydrogen-bond acceptors (Lipinski definition) is 5. The van der Waals surface area contributed by atoms with Gasteiger partial charge < -0.3 is 0 Å². The van der Waals surface area contributed by atoms with E-state index in [4.69, 9.17) is 0 Å². The van der Waals surface area contributed by atoms with Gasteiger partial charge in [0, 0.05) is 5.71 Å². The van der Waals surface area contributed by atoms with Crippen molar-refractivity contribution in [1.29, 1.82) is 0 Å². The molecule has 3 rings (SSSR count). The largest absolute Gasteiger partial charge is 0.272 e. The van der Waals surface area contributed by atoms with Crippen LogP contribution in [0.2, 0.25) is 0 Å². The maximum absolute atomic E-state index is 11.8. The summed E-state index contributed by atoms with van der Waals surface area (Å²) < 4.78 is 2.08.